The maximum absolute atomic E-state index is 11.2. The summed E-state index contributed by atoms with van der Waals surface area (Å²) in [5.74, 6) is -2.57. The molecule has 0 bridgehead atoms. The van der Waals surface area contributed by atoms with Crippen LogP contribution in [0.25, 0.3) is 0 Å². The van der Waals surface area contributed by atoms with Gasteiger partial charge >= 0.3 is 5.97 Å². The Morgan fingerprint density at radius 3 is 2.56 bits per heavy atom. The number of nitrogens with one attached hydrogen (secondary N) is 1. The molecule has 16 heavy (non-hydrogen) atoms. The van der Waals surface area contributed by atoms with Gasteiger partial charge < -0.3 is 16.2 Å². The van der Waals surface area contributed by atoms with Crippen LogP contribution in [-0.2, 0) is 14.4 Å². The first kappa shape index (κ1) is 14.2. The van der Waals surface area contributed by atoms with Gasteiger partial charge in [-0.2, -0.15) is 5.26 Å². The summed E-state index contributed by atoms with van der Waals surface area (Å²) in [5.41, 5.74) is 4.83. The van der Waals surface area contributed by atoms with Crippen LogP contribution < -0.4 is 11.1 Å². The Hall–Kier alpha value is -1.75. The Kier molecular flexibility index (Phi) is 6.71. The van der Waals surface area contributed by atoms with Crippen LogP contribution in [0.15, 0.2) is 0 Å². The number of carboxylic acid groups (broad SMARTS) is 1. The van der Waals surface area contributed by atoms with Gasteiger partial charge in [-0.3, -0.25) is 9.59 Å². The van der Waals surface area contributed by atoms with E-state index >= 15 is 0 Å². The number of nitrogens with two attached hydrogens (primary N) is 1. The van der Waals surface area contributed by atoms with E-state index in [1.54, 1.807) is 0 Å². The van der Waals surface area contributed by atoms with E-state index in [2.05, 4.69) is 5.32 Å². The number of thioether (sulfide) groups is 1. The van der Waals surface area contributed by atoms with Crippen LogP contribution in [0.5, 0.6) is 0 Å². The Labute approximate surface area is 96.0 Å². The second-order valence-corrected chi connectivity index (χ2v) is 3.77. The molecule has 1 atom stereocenters. The summed E-state index contributed by atoms with van der Waals surface area (Å²) < 4.78 is 0. The summed E-state index contributed by atoms with van der Waals surface area (Å²) in [6.07, 6.45) is -0.454. The smallest absolute Gasteiger partial charge is 0.326 e. The molecule has 8 heteroatoms. The number of carboxylic acids is 1. The first-order chi connectivity index (χ1) is 7.47. The van der Waals surface area contributed by atoms with Crippen LogP contribution in [0.3, 0.4) is 0 Å². The fourth-order valence-corrected chi connectivity index (χ4v) is 1.29. The lowest BCUT2D eigenvalue weighted by Gasteiger charge is -2.11. The molecular weight excluding hydrogens is 234 g/mol. The highest BCUT2D eigenvalue weighted by Crippen LogP contribution is 1.99. The largest absolute Gasteiger partial charge is 0.480 e. The number of rotatable bonds is 7. The van der Waals surface area contributed by atoms with E-state index in [0.717, 1.165) is 11.8 Å². The third kappa shape index (κ3) is 6.67. The zero-order valence-corrected chi connectivity index (χ0v) is 9.12. The number of hydrogen-bond donors (Lipinski definition) is 3. The van der Waals surface area contributed by atoms with Crippen LogP contribution in [0.2, 0.25) is 0 Å². The van der Waals surface area contributed by atoms with Crippen molar-refractivity contribution < 1.29 is 19.5 Å². The van der Waals surface area contributed by atoms with Gasteiger partial charge in [-0.05, 0) is 0 Å². The summed E-state index contributed by atoms with van der Waals surface area (Å²) in [5, 5.41) is 19.0. The van der Waals surface area contributed by atoms with Gasteiger partial charge in [0.1, 0.15) is 6.04 Å². The summed E-state index contributed by atoms with van der Waals surface area (Å²) in [4.78, 5) is 32.3. The number of nitrogens with zero attached hydrogens (tertiary/aromatic N) is 1. The molecule has 0 aliphatic rings. The minimum absolute atomic E-state index is 0.0316. The summed E-state index contributed by atoms with van der Waals surface area (Å²) in [6.45, 7) is 0. The molecule has 0 rings (SSSR count). The minimum Gasteiger partial charge on any atom is -0.480 e. The molecule has 0 saturated carbocycles. The van der Waals surface area contributed by atoms with Gasteiger partial charge in [0.25, 0.3) is 0 Å². The molecule has 4 N–H and O–H groups in total. The van der Waals surface area contributed by atoms with Crippen molar-refractivity contribution in [2.75, 3.05) is 11.5 Å². The lowest BCUT2D eigenvalue weighted by Crippen LogP contribution is -2.44. The standard InChI is InChI=1S/C8H11N3O4S/c9-1-2-16-4-7(13)11-5(8(14)15)3-6(10)12/h5H,2-4H2,(H2,10,12)(H,11,13)(H,14,15)/t5-/m0/s1. The second-order valence-electron chi connectivity index (χ2n) is 2.78. The summed E-state index contributed by atoms with van der Waals surface area (Å²) in [7, 11) is 0. The number of nitriles is 1. The predicted molar refractivity (Wildman–Crippen MR) is 56.3 cm³/mol. The summed E-state index contributed by atoms with van der Waals surface area (Å²) >= 11 is 1.05. The monoisotopic (exact) mass is 245 g/mol. The van der Waals surface area contributed by atoms with Gasteiger partial charge in [0.15, 0.2) is 0 Å². The molecule has 0 aliphatic heterocycles. The van der Waals surface area contributed by atoms with E-state index in [-0.39, 0.29) is 11.5 Å². The Balaban J connectivity index is 4.09. The molecule has 0 aromatic rings. The first-order valence-electron chi connectivity index (χ1n) is 4.22. The van der Waals surface area contributed by atoms with E-state index in [0.29, 0.717) is 0 Å². The van der Waals surface area contributed by atoms with E-state index in [1.807, 2.05) is 6.07 Å². The number of primary amides is 1. The second kappa shape index (κ2) is 7.53. The molecule has 0 spiro atoms. The van der Waals surface area contributed by atoms with E-state index in [4.69, 9.17) is 16.1 Å². The van der Waals surface area contributed by atoms with Gasteiger partial charge in [-0.1, -0.05) is 0 Å². The average Bonchev–Trinajstić information content (AvgIpc) is 2.16. The molecule has 2 amide bonds. The molecule has 0 unspecified atom stereocenters. The lowest BCUT2D eigenvalue weighted by molar-refractivity contribution is -0.143. The van der Waals surface area contributed by atoms with E-state index in [9.17, 15) is 14.4 Å². The topological polar surface area (TPSA) is 133 Å². The van der Waals surface area contributed by atoms with Crippen LogP contribution in [0.1, 0.15) is 6.42 Å². The van der Waals surface area contributed by atoms with Gasteiger partial charge in [0, 0.05) is 0 Å². The highest BCUT2D eigenvalue weighted by Gasteiger charge is 2.21. The van der Waals surface area contributed by atoms with Crippen molar-refractivity contribution in [3.05, 3.63) is 0 Å². The van der Waals surface area contributed by atoms with Crippen molar-refractivity contribution in [3.63, 3.8) is 0 Å². The van der Waals surface area contributed by atoms with Crippen molar-refractivity contribution in [3.8, 4) is 6.07 Å². The maximum atomic E-state index is 11.2. The quantitative estimate of drug-likeness (QED) is 0.477. The molecule has 0 radical (unpaired) electrons. The number of amides is 2. The van der Waals surface area contributed by atoms with Crippen molar-refractivity contribution in [1.29, 1.82) is 5.26 Å². The van der Waals surface area contributed by atoms with Crippen LogP contribution in [-0.4, -0.2) is 40.4 Å². The molecule has 0 aromatic heterocycles. The highest BCUT2D eigenvalue weighted by atomic mass is 32.2. The van der Waals surface area contributed by atoms with E-state index in [1.165, 1.54) is 0 Å². The number of aliphatic carboxylic acids is 1. The third-order valence-electron chi connectivity index (χ3n) is 1.44. The van der Waals surface area contributed by atoms with Crippen LogP contribution >= 0.6 is 11.8 Å². The lowest BCUT2D eigenvalue weighted by atomic mass is 10.2. The number of hydrogen-bond acceptors (Lipinski definition) is 5. The van der Waals surface area contributed by atoms with Crippen molar-refractivity contribution in [2.45, 2.75) is 12.5 Å². The zero-order chi connectivity index (χ0) is 12.6. The molecule has 88 valence electrons. The Morgan fingerprint density at radius 2 is 2.12 bits per heavy atom. The normalized spacial score (nSPS) is 11.2. The number of carbonyl (C=O) groups is 3. The van der Waals surface area contributed by atoms with Gasteiger partial charge in [0.05, 0.1) is 24.0 Å². The van der Waals surface area contributed by atoms with Gasteiger partial charge in [0.2, 0.25) is 11.8 Å². The average molecular weight is 245 g/mol. The molecule has 0 aromatic carbocycles. The Morgan fingerprint density at radius 1 is 1.50 bits per heavy atom. The molecule has 7 nitrogen and oxygen atoms in total. The highest BCUT2D eigenvalue weighted by molar-refractivity contribution is 8.00. The van der Waals surface area contributed by atoms with Crippen molar-refractivity contribution >= 4 is 29.5 Å². The van der Waals surface area contributed by atoms with Crippen LogP contribution in [0.4, 0.5) is 0 Å². The fraction of sp³-hybridized carbons (Fsp3) is 0.500. The van der Waals surface area contributed by atoms with Gasteiger partial charge in [-0.25, -0.2) is 4.79 Å². The first-order valence-corrected chi connectivity index (χ1v) is 5.38. The summed E-state index contributed by atoms with van der Waals surface area (Å²) in [6, 6.07) is 0.512. The molecule has 0 aliphatic carbocycles. The van der Waals surface area contributed by atoms with Crippen molar-refractivity contribution in [1.82, 2.24) is 5.32 Å². The predicted octanol–water partition coefficient (Wildman–Crippen LogP) is -1.31. The Bertz CT molecular complexity index is 326. The molecular formula is C8H11N3O4S. The molecule has 0 saturated heterocycles. The van der Waals surface area contributed by atoms with E-state index < -0.39 is 30.2 Å². The van der Waals surface area contributed by atoms with Crippen molar-refractivity contribution in [2.24, 2.45) is 5.73 Å². The third-order valence-corrected chi connectivity index (χ3v) is 2.24. The minimum atomic E-state index is -1.32. The van der Waals surface area contributed by atoms with Crippen LogP contribution in [0, 0.1) is 11.3 Å². The fourth-order valence-electron chi connectivity index (χ4n) is 0.827. The number of carbonyl (C=O) groups excluding carboxylic acids is 2. The van der Waals surface area contributed by atoms with Gasteiger partial charge in [-0.15, -0.1) is 11.8 Å². The maximum Gasteiger partial charge on any atom is 0.326 e. The zero-order valence-electron chi connectivity index (χ0n) is 8.30. The molecule has 0 fully saturated rings. The molecule has 0 heterocycles. The SMILES string of the molecule is N#CCSCC(=O)N[C@@H](CC(N)=O)C(=O)O.